The summed E-state index contributed by atoms with van der Waals surface area (Å²) in [6, 6.07) is 30.1. The number of hydrogen-bond acceptors (Lipinski definition) is 5. The number of benzene rings is 3. The Hall–Kier alpha value is -2.32. The summed E-state index contributed by atoms with van der Waals surface area (Å²) in [4.78, 5) is 0. The molecule has 2 aliphatic heterocycles. The van der Waals surface area contributed by atoms with Gasteiger partial charge in [-0.2, -0.15) is 0 Å². The maximum absolute atomic E-state index is 9.60. The highest BCUT2D eigenvalue weighted by Crippen LogP contribution is 2.45. The van der Waals surface area contributed by atoms with E-state index in [1.54, 1.807) is 0 Å². The van der Waals surface area contributed by atoms with Gasteiger partial charge in [0, 0.05) is 5.54 Å². The average Bonchev–Trinajstić information content (AvgIpc) is 3.15. The van der Waals surface area contributed by atoms with E-state index in [0.717, 1.165) is 16.7 Å². The molecule has 5 rings (SSSR count). The minimum absolute atomic E-state index is 0.0600. The predicted molar refractivity (Wildman–Crippen MR) is 147 cm³/mol. The minimum atomic E-state index is -2.07. The molecule has 196 valence electrons. The molecule has 0 radical (unpaired) electrons. The highest BCUT2D eigenvalue weighted by Gasteiger charge is 2.59. The summed E-state index contributed by atoms with van der Waals surface area (Å²) in [5.41, 5.74) is 3.34. The van der Waals surface area contributed by atoms with E-state index in [0.29, 0.717) is 19.8 Å². The molecule has 3 aromatic carbocycles. The van der Waals surface area contributed by atoms with Gasteiger partial charge in [0.05, 0.1) is 33.9 Å². The second kappa shape index (κ2) is 12.0. The lowest BCUT2D eigenvalue weighted by Gasteiger charge is -2.44. The SMILES string of the molecule is [2H][C@@]1(COCc2ccccc2)O[C@H]2[C@H](O[Si](C)(C)[C@H]2C)[C@@H](OCc2ccccc2)[C@@H]1OCc1ccccc1. The van der Waals surface area contributed by atoms with Crippen molar-refractivity contribution in [1.82, 2.24) is 0 Å². The van der Waals surface area contributed by atoms with E-state index in [9.17, 15) is 1.37 Å². The van der Waals surface area contributed by atoms with Gasteiger partial charge in [-0.15, -0.1) is 0 Å². The standard InChI is InChI=1S/C31H38O5Si/c1-23-28-31(36-37(23,2)3)30(34-21-26-17-11-6-12-18-26)29(33-20-25-15-9-5-10-16-25)27(35-28)22-32-19-24-13-7-4-8-14-24/h4-18,23,27-31H,19-22H2,1-3H3/t23-,27-,28+,29+,30-,31-/m0/s1/i27D. The van der Waals surface area contributed by atoms with Crippen LogP contribution in [-0.2, 0) is 43.2 Å². The van der Waals surface area contributed by atoms with Crippen molar-refractivity contribution in [3.05, 3.63) is 108 Å². The maximum Gasteiger partial charge on any atom is 0.192 e. The van der Waals surface area contributed by atoms with Crippen molar-refractivity contribution in [3.63, 3.8) is 0 Å². The summed E-state index contributed by atoms with van der Waals surface area (Å²) >= 11 is 0. The fourth-order valence-electron chi connectivity index (χ4n) is 5.08. The Bertz CT molecular complexity index is 1150. The zero-order chi connectivity index (χ0) is 26.6. The fraction of sp³-hybridized carbons (Fsp3) is 0.419. The molecular formula is C31H38O5Si. The van der Waals surface area contributed by atoms with Crippen molar-refractivity contribution in [3.8, 4) is 0 Å². The smallest absolute Gasteiger partial charge is 0.192 e. The van der Waals surface area contributed by atoms with E-state index < -0.39 is 26.6 Å². The van der Waals surface area contributed by atoms with Crippen LogP contribution in [0.5, 0.6) is 0 Å². The minimum Gasteiger partial charge on any atom is -0.409 e. The predicted octanol–water partition coefficient (Wildman–Crippen LogP) is 6.14. The fourth-order valence-corrected chi connectivity index (χ4v) is 7.32. The second-order valence-corrected chi connectivity index (χ2v) is 14.8. The van der Waals surface area contributed by atoms with E-state index in [-0.39, 0.29) is 24.4 Å². The molecule has 0 aliphatic carbocycles. The first-order chi connectivity index (χ1) is 18.4. The third-order valence-electron chi connectivity index (χ3n) is 7.49. The summed E-state index contributed by atoms with van der Waals surface area (Å²) in [6.45, 7) is 7.81. The number of fused-ring (bicyclic) bond motifs is 1. The van der Waals surface area contributed by atoms with Crippen molar-refractivity contribution in [2.24, 2.45) is 0 Å². The van der Waals surface area contributed by atoms with Gasteiger partial charge in [-0.25, -0.2) is 0 Å². The molecule has 3 aromatic rings. The van der Waals surface area contributed by atoms with Crippen molar-refractivity contribution in [2.45, 2.75) is 75.9 Å². The van der Waals surface area contributed by atoms with Crippen LogP contribution >= 0.6 is 0 Å². The number of hydrogen-bond donors (Lipinski definition) is 0. The van der Waals surface area contributed by atoms with Gasteiger partial charge in [0.2, 0.25) is 0 Å². The summed E-state index contributed by atoms with van der Waals surface area (Å²) < 4.78 is 42.1. The molecule has 5 nitrogen and oxygen atoms in total. The van der Waals surface area contributed by atoms with Crippen LogP contribution in [0, 0.1) is 0 Å². The lowest BCUT2D eigenvalue weighted by molar-refractivity contribution is -0.248. The monoisotopic (exact) mass is 519 g/mol. The van der Waals surface area contributed by atoms with Crippen LogP contribution in [0.4, 0.5) is 0 Å². The molecule has 0 bridgehead atoms. The molecule has 6 heteroatoms. The van der Waals surface area contributed by atoms with Gasteiger partial charge in [-0.3, -0.25) is 0 Å². The molecular weight excluding hydrogens is 480 g/mol. The van der Waals surface area contributed by atoms with Crippen LogP contribution in [0.15, 0.2) is 91.0 Å². The summed E-state index contributed by atoms with van der Waals surface area (Å²) in [5, 5.41) is 0. The largest absolute Gasteiger partial charge is 0.409 e. The van der Waals surface area contributed by atoms with E-state index in [4.69, 9.17) is 23.4 Å². The molecule has 2 saturated heterocycles. The van der Waals surface area contributed by atoms with Gasteiger partial charge in [-0.1, -0.05) is 97.9 Å². The molecule has 2 aliphatic rings. The Morgan fingerprint density at radius 1 is 0.703 bits per heavy atom. The van der Waals surface area contributed by atoms with Gasteiger partial charge in [0.15, 0.2) is 8.32 Å². The van der Waals surface area contributed by atoms with Gasteiger partial charge in [0.1, 0.15) is 24.4 Å². The molecule has 6 atom stereocenters. The van der Waals surface area contributed by atoms with Crippen LogP contribution < -0.4 is 0 Å². The van der Waals surface area contributed by atoms with Crippen molar-refractivity contribution < 1.29 is 24.7 Å². The van der Waals surface area contributed by atoms with Crippen molar-refractivity contribution >= 4 is 8.32 Å². The van der Waals surface area contributed by atoms with Gasteiger partial charge < -0.3 is 23.4 Å². The second-order valence-electron chi connectivity index (χ2n) is 10.5. The molecule has 0 spiro atoms. The third kappa shape index (κ3) is 6.40. The Balaban J connectivity index is 1.42. The zero-order valence-corrected chi connectivity index (χ0v) is 22.9. The van der Waals surface area contributed by atoms with E-state index in [1.807, 2.05) is 91.0 Å². The maximum atomic E-state index is 9.60. The molecule has 0 amide bonds. The normalized spacial score (nSPS) is 31.0. The highest BCUT2D eigenvalue weighted by atomic mass is 28.4. The molecule has 0 N–H and O–H groups in total. The first-order valence-electron chi connectivity index (χ1n) is 13.6. The van der Waals surface area contributed by atoms with Crippen LogP contribution in [0.2, 0.25) is 18.6 Å². The van der Waals surface area contributed by atoms with Crippen LogP contribution in [0.3, 0.4) is 0 Å². The summed E-state index contributed by atoms with van der Waals surface area (Å²) in [7, 11) is -2.07. The van der Waals surface area contributed by atoms with E-state index in [1.165, 1.54) is 0 Å². The molecule has 2 fully saturated rings. The van der Waals surface area contributed by atoms with E-state index >= 15 is 0 Å². The molecule has 0 saturated carbocycles. The molecule has 0 aromatic heterocycles. The van der Waals surface area contributed by atoms with Gasteiger partial charge >= 0.3 is 0 Å². The Morgan fingerprint density at radius 3 is 1.73 bits per heavy atom. The highest BCUT2D eigenvalue weighted by molar-refractivity contribution is 6.73. The van der Waals surface area contributed by atoms with Gasteiger partial charge in [0.25, 0.3) is 0 Å². The Morgan fingerprint density at radius 2 is 1.19 bits per heavy atom. The summed E-state index contributed by atoms with van der Waals surface area (Å²) in [6.07, 6.45) is -3.21. The lowest BCUT2D eigenvalue weighted by atomic mass is 9.93. The third-order valence-corrected chi connectivity index (χ3v) is 10.9. The molecule has 0 unspecified atom stereocenters. The van der Waals surface area contributed by atoms with Crippen LogP contribution in [-0.4, -0.2) is 45.4 Å². The van der Waals surface area contributed by atoms with Crippen LogP contribution in [0.1, 0.15) is 25.0 Å². The molecule has 37 heavy (non-hydrogen) atoms. The number of ether oxygens (including phenoxy) is 4. The summed E-state index contributed by atoms with van der Waals surface area (Å²) in [5.74, 6) is 0. The number of rotatable bonds is 10. The Kier molecular flexibility index (Phi) is 8.12. The van der Waals surface area contributed by atoms with Crippen molar-refractivity contribution in [1.29, 1.82) is 0 Å². The van der Waals surface area contributed by atoms with Gasteiger partial charge in [-0.05, 0) is 29.8 Å². The molecule has 2 heterocycles. The zero-order valence-electron chi connectivity index (χ0n) is 22.9. The van der Waals surface area contributed by atoms with E-state index in [2.05, 4.69) is 20.0 Å². The average molecular weight is 520 g/mol. The Labute approximate surface area is 223 Å². The topological polar surface area (TPSA) is 46.2 Å². The lowest BCUT2D eigenvalue weighted by Crippen LogP contribution is -2.59. The van der Waals surface area contributed by atoms with Crippen molar-refractivity contribution in [2.75, 3.05) is 6.61 Å². The first kappa shape index (κ1) is 25.0. The quantitative estimate of drug-likeness (QED) is 0.301. The first-order valence-corrected chi connectivity index (χ1v) is 16.1. The van der Waals surface area contributed by atoms with Crippen LogP contribution in [0.25, 0.3) is 0 Å².